The SMILES string of the molecule is Cc1nc(NCC(C=NCc2ccc(OC(F)(F)F)nc2)=CN)nc2c1NC(=O)[C@H]([C@@H](C)O)N2C. The molecule has 0 unspecified atom stereocenters. The number of nitrogens with zero attached hydrogens (tertiary/aromatic N) is 5. The highest BCUT2D eigenvalue weighted by Crippen LogP contribution is 2.33. The van der Waals surface area contributed by atoms with Crippen molar-refractivity contribution in [1.82, 2.24) is 15.0 Å². The smallest absolute Gasteiger partial charge is 0.404 e. The van der Waals surface area contributed by atoms with E-state index in [0.29, 0.717) is 28.3 Å². The third-order valence-corrected chi connectivity index (χ3v) is 5.01. The Morgan fingerprint density at radius 2 is 2.17 bits per heavy atom. The molecule has 0 saturated carbocycles. The van der Waals surface area contributed by atoms with Gasteiger partial charge in [0.25, 0.3) is 0 Å². The number of rotatable bonds is 8. The van der Waals surface area contributed by atoms with E-state index in [-0.39, 0.29) is 24.9 Å². The topological polar surface area (TPSA) is 151 Å². The molecule has 3 heterocycles. The first kappa shape index (κ1) is 25.7. The predicted octanol–water partition coefficient (Wildman–Crippen LogP) is 1.74. The number of hydrogen-bond donors (Lipinski definition) is 4. The number of aliphatic hydroxyl groups is 1. The second kappa shape index (κ2) is 10.5. The fourth-order valence-electron chi connectivity index (χ4n) is 3.37. The third-order valence-electron chi connectivity index (χ3n) is 5.01. The first-order valence-corrected chi connectivity index (χ1v) is 10.4. The molecule has 35 heavy (non-hydrogen) atoms. The average molecular weight is 494 g/mol. The van der Waals surface area contributed by atoms with E-state index < -0.39 is 24.4 Å². The van der Waals surface area contributed by atoms with Gasteiger partial charge in [-0.1, -0.05) is 6.07 Å². The van der Waals surface area contributed by atoms with E-state index in [4.69, 9.17) is 5.73 Å². The van der Waals surface area contributed by atoms with Gasteiger partial charge in [0.1, 0.15) is 11.7 Å². The van der Waals surface area contributed by atoms with Gasteiger partial charge >= 0.3 is 6.36 Å². The van der Waals surface area contributed by atoms with Crippen LogP contribution in [0.4, 0.5) is 30.6 Å². The molecule has 0 fully saturated rings. The van der Waals surface area contributed by atoms with E-state index in [1.54, 1.807) is 18.9 Å². The molecule has 1 aliphatic rings. The van der Waals surface area contributed by atoms with Crippen LogP contribution in [-0.4, -0.2) is 64.3 Å². The zero-order chi connectivity index (χ0) is 25.8. The van der Waals surface area contributed by atoms with Gasteiger partial charge in [-0.05, 0) is 19.4 Å². The van der Waals surface area contributed by atoms with Crippen molar-refractivity contribution in [1.29, 1.82) is 0 Å². The summed E-state index contributed by atoms with van der Waals surface area (Å²) in [5, 5.41) is 15.7. The fraction of sp³-hybridized carbons (Fsp3) is 0.381. The van der Waals surface area contributed by atoms with Crippen molar-refractivity contribution in [3.05, 3.63) is 41.4 Å². The number of alkyl halides is 3. The van der Waals surface area contributed by atoms with Crippen molar-refractivity contribution < 1.29 is 27.8 Å². The van der Waals surface area contributed by atoms with Crippen LogP contribution in [0.5, 0.6) is 5.88 Å². The molecular formula is C21H25F3N8O3. The molecule has 1 aliphatic heterocycles. The molecule has 11 nitrogen and oxygen atoms in total. The number of aliphatic imine (C=N–C) groups is 1. The summed E-state index contributed by atoms with van der Waals surface area (Å²) in [6.07, 6.45) is -1.62. The Balaban J connectivity index is 1.62. The van der Waals surface area contributed by atoms with E-state index in [9.17, 15) is 23.1 Å². The van der Waals surface area contributed by atoms with Crippen molar-refractivity contribution in [3.63, 3.8) is 0 Å². The first-order chi connectivity index (χ1) is 16.5. The summed E-state index contributed by atoms with van der Waals surface area (Å²) in [4.78, 5) is 30.5. The Labute approximate surface area is 198 Å². The molecule has 1 amide bonds. The fourth-order valence-corrected chi connectivity index (χ4v) is 3.37. The molecule has 14 heteroatoms. The number of nitrogens with one attached hydrogen (secondary N) is 2. The van der Waals surface area contributed by atoms with E-state index in [1.165, 1.54) is 31.6 Å². The Hall–Kier alpha value is -3.94. The van der Waals surface area contributed by atoms with E-state index >= 15 is 0 Å². The molecule has 0 aromatic carbocycles. The highest BCUT2D eigenvalue weighted by Gasteiger charge is 2.36. The van der Waals surface area contributed by atoms with Crippen LogP contribution in [0.3, 0.4) is 0 Å². The van der Waals surface area contributed by atoms with Crippen LogP contribution >= 0.6 is 0 Å². The summed E-state index contributed by atoms with van der Waals surface area (Å²) in [5.74, 6) is -0.152. The lowest BCUT2D eigenvalue weighted by molar-refractivity contribution is -0.276. The highest BCUT2D eigenvalue weighted by atomic mass is 19.4. The molecule has 0 spiro atoms. The Morgan fingerprint density at radius 1 is 1.43 bits per heavy atom. The van der Waals surface area contributed by atoms with Crippen molar-refractivity contribution in [2.45, 2.75) is 38.9 Å². The van der Waals surface area contributed by atoms with Crippen LogP contribution in [-0.2, 0) is 11.3 Å². The zero-order valence-corrected chi connectivity index (χ0v) is 19.2. The number of amides is 1. The van der Waals surface area contributed by atoms with Crippen molar-refractivity contribution in [3.8, 4) is 5.88 Å². The molecule has 0 radical (unpaired) electrons. The summed E-state index contributed by atoms with van der Waals surface area (Å²) < 4.78 is 40.4. The minimum atomic E-state index is -4.80. The van der Waals surface area contributed by atoms with Gasteiger partial charge in [-0.3, -0.25) is 9.79 Å². The quantitative estimate of drug-likeness (QED) is 0.402. The highest BCUT2D eigenvalue weighted by molar-refractivity contribution is 6.03. The Kier molecular flexibility index (Phi) is 7.74. The number of carbonyl (C=O) groups excluding carboxylic acids is 1. The number of aryl methyl sites for hydroxylation is 1. The van der Waals surface area contributed by atoms with E-state index in [0.717, 1.165) is 6.07 Å². The van der Waals surface area contributed by atoms with Gasteiger partial charge < -0.3 is 31.1 Å². The molecule has 0 saturated heterocycles. The summed E-state index contributed by atoms with van der Waals surface area (Å²) in [5.41, 5.74) is 7.85. The molecule has 2 aromatic rings. The lowest BCUT2D eigenvalue weighted by Gasteiger charge is -2.36. The number of fused-ring (bicyclic) bond motifs is 1. The maximum absolute atomic E-state index is 12.3. The summed E-state index contributed by atoms with van der Waals surface area (Å²) >= 11 is 0. The molecular weight excluding hydrogens is 469 g/mol. The second-order valence-electron chi connectivity index (χ2n) is 7.73. The molecule has 188 valence electrons. The lowest BCUT2D eigenvalue weighted by Crippen LogP contribution is -2.52. The number of hydrogen-bond acceptors (Lipinski definition) is 10. The Bertz CT molecular complexity index is 1120. The van der Waals surface area contributed by atoms with Crippen LogP contribution in [0, 0.1) is 6.92 Å². The number of carbonyl (C=O) groups is 1. The standard InChI is InChI=1S/C21H25F3N8O3/c1-11-16-18(32(3)17(12(2)33)19(34)30-16)31-20(29-11)28-10-14(6-25)8-26-7-13-4-5-15(27-9-13)35-21(22,23)24/h4-6,8-9,12,17,33H,7,10,25H2,1-3H3,(H,30,34)(H,28,29,31)/t12-,17+/m1/s1. The van der Waals surface area contributed by atoms with E-state index in [1.807, 2.05) is 0 Å². The van der Waals surface area contributed by atoms with Gasteiger partial charge in [0.15, 0.2) is 5.82 Å². The summed E-state index contributed by atoms with van der Waals surface area (Å²) in [7, 11) is 1.67. The number of ether oxygens (including phenoxy) is 1. The summed E-state index contributed by atoms with van der Waals surface area (Å²) in [6.45, 7) is 3.64. The van der Waals surface area contributed by atoms with Crippen LogP contribution in [0.1, 0.15) is 18.2 Å². The monoisotopic (exact) mass is 494 g/mol. The van der Waals surface area contributed by atoms with Crippen LogP contribution in [0.15, 0.2) is 35.1 Å². The largest absolute Gasteiger partial charge is 0.574 e. The lowest BCUT2D eigenvalue weighted by atomic mass is 10.1. The molecule has 2 atom stereocenters. The molecule has 3 rings (SSSR count). The molecule has 0 bridgehead atoms. The van der Waals surface area contributed by atoms with Crippen LogP contribution < -0.4 is 26.0 Å². The van der Waals surface area contributed by atoms with Crippen LogP contribution in [0.25, 0.3) is 0 Å². The predicted molar refractivity (Wildman–Crippen MR) is 123 cm³/mol. The van der Waals surface area contributed by atoms with E-state index in [2.05, 4.69) is 35.3 Å². The van der Waals surface area contributed by atoms with Crippen molar-refractivity contribution >= 4 is 29.6 Å². The number of nitrogens with two attached hydrogens (primary N) is 1. The van der Waals surface area contributed by atoms with Crippen LogP contribution in [0.2, 0.25) is 0 Å². The normalized spacial score (nSPS) is 17.2. The van der Waals surface area contributed by atoms with Gasteiger partial charge in [0, 0.05) is 43.8 Å². The Morgan fingerprint density at radius 3 is 2.77 bits per heavy atom. The van der Waals surface area contributed by atoms with Crippen molar-refractivity contribution in [2.75, 3.05) is 29.1 Å². The number of aliphatic hydroxyl groups excluding tert-OH is 1. The minimum absolute atomic E-state index is 0.163. The second-order valence-corrected chi connectivity index (χ2v) is 7.73. The molecule has 2 aromatic heterocycles. The third kappa shape index (κ3) is 6.56. The van der Waals surface area contributed by atoms with Gasteiger partial charge in [0.05, 0.1) is 18.3 Å². The first-order valence-electron chi connectivity index (χ1n) is 10.4. The number of anilines is 3. The van der Waals surface area contributed by atoms with Crippen molar-refractivity contribution in [2.24, 2.45) is 10.7 Å². The van der Waals surface area contributed by atoms with Gasteiger partial charge in [0.2, 0.25) is 17.7 Å². The zero-order valence-electron chi connectivity index (χ0n) is 19.2. The molecule has 0 aliphatic carbocycles. The maximum atomic E-state index is 12.3. The number of aromatic nitrogens is 3. The minimum Gasteiger partial charge on any atom is -0.404 e. The number of halogens is 3. The van der Waals surface area contributed by atoms with Gasteiger partial charge in [-0.2, -0.15) is 4.98 Å². The average Bonchev–Trinajstić information content (AvgIpc) is 2.77. The van der Waals surface area contributed by atoms with Gasteiger partial charge in [-0.25, -0.2) is 9.97 Å². The maximum Gasteiger partial charge on any atom is 0.574 e. The number of pyridine rings is 1. The number of likely N-dealkylation sites (N-methyl/N-ethyl adjacent to an activating group) is 1. The van der Waals surface area contributed by atoms with Gasteiger partial charge in [-0.15, -0.1) is 13.2 Å². The molecule has 5 N–H and O–H groups in total. The summed E-state index contributed by atoms with van der Waals surface area (Å²) in [6, 6.07) is 1.74.